The van der Waals surface area contributed by atoms with Crippen molar-refractivity contribution in [3.63, 3.8) is 0 Å². The van der Waals surface area contributed by atoms with Crippen molar-refractivity contribution < 1.29 is 24.3 Å². The number of aliphatic carboxylic acids is 1. The van der Waals surface area contributed by atoms with Crippen molar-refractivity contribution >= 4 is 12.1 Å². The van der Waals surface area contributed by atoms with Crippen molar-refractivity contribution in [2.24, 2.45) is 0 Å². The van der Waals surface area contributed by atoms with Crippen LogP contribution in [-0.4, -0.2) is 44.0 Å². The van der Waals surface area contributed by atoms with Crippen molar-refractivity contribution in [1.82, 2.24) is 20.2 Å². The molecule has 4 aromatic carbocycles. The Balaban J connectivity index is 1.54. The van der Waals surface area contributed by atoms with E-state index in [4.69, 9.17) is 14.7 Å². The van der Waals surface area contributed by atoms with E-state index in [1.165, 1.54) is 4.90 Å². The number of hydrogen-bond donors (Lipinski definition) is 2. The van der Waals surface area contributed by atoms with Crippen LogP contribution in [0.25, 0.3) is 0 Å². The Labute approximate surface area is 274 Å². The zero-order valence-corrected chi connectivity index (χ0v) is 26.6. The number of rotatable bonds is 9. The minimum absolute atomic E-state index is 0.0195. The first-order chi connectivity index (χ1) is 22.7. The number of carbonyl (C=O) groups is 2. The minimum atomic E-state index is -1.40. The molecule has 9 heteroatoms. The molecular formula is C38H38N4O5. The first kappa shape index (κ1) is 31.7. The average molecular weight is 631 g/mol. The maximum absolute atomic E-state index is 13.6. The van der Waals surface area contributed by atoms with E-state index in [9.17, 15) is 14.7 Å². The van der Waals surface area contributed by atoms with Gasteiger partial charge in [-0.1, -0.05) is 121 Å². The van der Waals surface area contributed by atoms with Gasteiger partial charge in [0.15, 0.2) is 6.04 Å². The van der Waals surface area contributed by atoms with Crippen molar-refractivity contribution in [2.45, 2.75) is 50.6 Å². The molecule has 1 aliphatic heterocycles. The second-order valence-corrected chi connectivity index (χ2v) is 12.5. The third-order valence-corrected chi connectivity index (χ3v) is 8.19. The lowest BCUT2D eigenvalue weighted by atomic mass is 9.77. The number of hydrogen-bond acceptors (Lipinski definition) is 6. The van der Waals surface area contributed by atoms with Crippen LogP contribution in [0.5, 0.6) is 0 Å². The molecule has 9 nitrogen and oxygen atoms in total. The molecule has 0 fully saturated rings. The molecule has 0 spiro atoms. The Morgan fingerprint density at radius 1 is 0.809 bits per heavy atom. The number of hydroxylamine groups is 1. The smallest absolute Gasteiger partial charge is 0.411 e. The molecule has 1 amide bonds. The van der Waals surface area contributed by atoms with Crippen LogP contribution < -0.4 is 5.48 Å². The van der Waals surface area contributed by atoms with Gasteiger partial charge in [-0.05, 0) is 43.0 Å². The molecule has 1 aliphatic rings. The second-order valence-electron chi connectivity index (χ2n) is 12.5. The number of nitrogens with zero attached hydrogens (tertiary/aromatic N) is 3. The SMILES string of the molecule is CC(C)(C)OC(=O)N1CC(NOCc2ccccc2)c2cn(C(c3ccccc3)(c3ccccc3)c3ccccc3)nc2C1C(=O)O. The van der Waals surface area contributed by atoms with Crippen LogP contribution in [0.2, 0.25) is 0 Å². The molecular weight excluding hydrogens is 592 g/mol. The zero-order chi connectivity index (χ0) is 33.0. The van der Waals surface area contributed by atoms with Gasteiger partial charge in [0.1, 0.15) is 16.8 Å². The number of amides is 1. The number of benzene rings is 4. The number of fused-ring (bicyclic) bond motifs is 1. The lowest BCUT2D eigenvalue weighted by Gasteiger charge is -2.37. The predicted octanol–water partition coefficient (Wildman–Crippen LogP) is 6.86. The fraction of sp³-hybridized carbons (Fsp3) is 0.237. The molecule has 2 atom stereocenters. The molecule has 240 valence electrons. The average Bonchev–Trinajstić information content (AvgIpc) is 3.51. The topological polar surface area (TPSA) is 106 Å². The summed E-state index contributed by atoms with van der Waals surface area (Å²) >= 11 is 0. The molecule has 0 saturated carbocycles. The predicted molar refractivity (Wildman–Crippen MR) is 177 cm³/mol. The van der Waals surface area contributed by atoms with E-state index in [0.717, 1.165) is 22.3 Å². The van der Waals surface area contributed by atoms with E-state index in [1.54, 1.807) is 20.8 Å². The molecule has 2 N–H and O–H groups in total. The molecule has 0 aliphatic carbocycles. The largest absolute Gasteiger partial charge is 0.479 e. The Kier molecular flexibility index (Phi) is 8.93. The summed E-state index contributed by atoms with van der Waals surface area (Å²) in [5.74, 6) is -1.21. The number of carbonyl (C=O) groups excluding carboxylic acids is 1. The van der Waals surface area contributed by atoms with E-state index in [1.807, 2.05) is 132 Å². The highest BCUT2D eigenvalue weighted by molar-refractivity contribution is 5.82. The van der Waals surface area contributed by atoms with Crippen LogP contribution in [0.4, 0.5) is 4.79 Å². The number of carboxylic acids is 1. The molecule has 5 aromatic rings. The van der Waals surface area contributed by atoms with E-state index >= 15 is 0 Å². The molecule has 2 heterocycles. The van der Waals surface area contributed by atoms with E-state index in [-0.39, 0.29) is 18.8 Å². The highest BCUT2D eigenvalue weighted by Crippen LogP contribution is 2.43. The summed E-state index contributed by atoms with van der Waals surface area (Å²) in [5, 5.41) is 15.7. The first-order valence-corrected chi connectivity index (χ1v) is 15.6. The van der Waals surface area contributed by atoms with Gasteiger partial charge in [0.05, 0.1) is 12.6 Å². The lowest BCUT2D eigenvalue weighted by molar-refractivity contribution is -0.144. The van der Waals surface area contributed by atoms with Crippen molar-refractivity contribution in [1.29, 1.82) is 0 Å². The monoisotopic (exact) mass is 630 g/mol. The molecule has 47 heavy (non-hydrogen) atoms. The van der Waals surface area contributed by atoms with Crippen molar-refractivity contribution in [3.05, 3.63) is 161 Å². The number of ether oxygens (including phenoxy) is 1. The second kappa shape index (κ2) is 13.2. The quantitative estimate of drug-likeness (QED) is 0.135. The highest BCUT2D eigenvalue weighted by atomic mass is 16.6. The highest BCUT2D eigenvalue weighted by Gasteiger charge is 2.47. The Morgan fingerprint density at radius 3 is 1.77 bits per heavy atom. The van der Waals surface area contributed by atoms with Gasteiger partial charge in [0.25, 0.3) is 0 Å². The van der Waals surface area contributed by atoms with Crippen LogP contribution in [0, 0.1) is 0 Å². The van der Waals surface area contributed by atoms with Gasteiger partial charge in [-0.2, -0.15) is 10.6 Å². The van der Waals surface area contributed by atoms with Crippen LogP contribution in [0.15, 0.2) is 128 Å². The van der Waals surface area contributed by atoms with E-state index in [2.05, 4.69) is 5.48 Å². The summed E-state index contributed by atoms with van der Waals surface area (Å²) in [4.78, 5) is 33.8. The van der Waals surface area contributed by atoms with E-state index < -0.39 is 35.3 Å². The van der Waals surface area contributed by atoms with Gasteiger partial charge in [-0.15, -0.1) is 0 Å². The van der Waals surface area contributed by atoms with Crippen LogP contribution >= 0.6 is 0 Å². The Hall–Kier alpha value is -5.25. The molecule has 2 unspecified atom stereocenters. The van der Waals surface area contributed by atoms with Gasteiger partial charge in [-0.3, -0.25) is 14.4 Å². The maximum atomic E-state index is 13.6. The number of aromatic nitrogens is 2. The van der Waals surface area contributed by atoms with Gasteiger partial charge in [0, 0.05) is 18.3 Å². The molecule has 0 bridgehead atoms. The summed E-state index contributed by atoms with van der Waals surface area (Å²) < 4.78 is 7.53. The Bertz CT molecular complexity index is 1710. The lowest BCUT2D eigenvalue weighted by Crippen LogP contribution is -2.49. The normalized spacial score (nSPS) is 16.4. The van der Waals surface area contributed by atoms with Gasteiger partial charge < -0.3 is 9.84 Å². The third kappa shape index (κ3) is 6.40. The summed E-state index contributed by atoms with van der Waals surface area (Å²) in [5.41, 5.74) is 5.87. The van der Waals surface area contributed by atoms with Gasteiger partial charge in [-0.25, -0.2) is 9.59 Å². The fourth-order valence-corrected chi connectivity index (χ4v) is 6.19. The van der Waals surface area contributed by atoms with Gasteiger partial charge in [0.2, 0.25) is 0 Å². The minimum Gasteiger partial charge on any atom is -0.479 e. The summed E-state index contributed by atoms with van der Waals surface area (Å²) in [6.45, 7) is 5.48. The summed E-state index contributed by atoms with van der Waals surface area (Å²) in [7, 11) is 0. The van der Waals surface area contributed by atoms with Crippen molar-refractivity contribution in [2.75, 3.05) is 6.54 Å². The maximum Gasteiger partial charge on any atom is 0.411 e. The fourth-order valence-electron chi connectivity index (χ4n) is 6.19. The van der Waals surface area contributed by atoms with Crippen LogP contribution in [0.3, 0.4) is 0 Å². The van der Waals surface area contributed by atoms with Crippen molar-refractivity contribution in [3.8, 4) is 0 Å². The summed E-state index contributed by atoms with van der Waals surface area (Å²) in [6, 6.07) is 37.7. The number of carboxylic acid groups (broad SMARTS) is 1. The van der Waals surface area contributed by atoms with Crippen LogP contribution in [0.1, 0.15) is 66.4 Å². The number of nitrogens with one attached hydrogen (secondary N) is 1. The Morgan fingerprint density at radius 2 is 1.30 bits per heavy atom. The molecule has 6 rings (SSSR count). The third-order valence-electron chi connectivity index (χ3n) is 8.19. The molecule has 1 aromatic heterocycles. The van der Waals surface area contributed by atoms with Gasteiger partial charge >= 0.3 is 12.1 Å². The standard InChI is InChI=1S/C38H38N4O5/c1-37(2,3)47-36(45)41-25-32(40-46-26-27-16-8-4-9-17-27)31-24-42(39-33(31)34(41)35(43)44)38(28-18-10-5-11-19-28,29-20-12-6-13-21-29)30-22-14-7-15-23-30/h4-24,32,34,40H,25-26H2,1-3H3,(H,43,44). The molecule has 0 radical (unpaired) electrons. The zero-order valence-electron chi connectivity index (χ0n) is 26.6. The summed E-state index contributed by atoms with van der Waals surface area (Å²) in [6.07, 6.45) is 1.13. The molecule has 0 saturated heterocycles. The first-order valence-electron chi connectivity index (χ1n) is 15.6. The van der Waals surface area contributed by atoms with Crippen LogP contribution in [-0.2, 0) is 26.5 Å². The van der Waals surface area contributed by atoms with E-state index in [0.29, 0.717) is 5.56 Å².